The number of carbonyl (C=O) groups excluding carboxylic acids is 1. The quantitative estimate of drug-likeness (QED) is 0.437. The van der Waals surface area contributed by atoms with Gasteiger partial charge < -0.3 is 14.2 Å². The summed E-state index contributed by atoms with van der Waals surface area (Å²) in [5.41, 5.74) is 0.430. The van der Waals surface area contributed by atoms with Crippen LogP contribution >= 0.6 is 0 Å². The molecule has 0 fully saturated rings. The fourth-order valence-corrected chi connectivity index (χ4v) is 1.56. The summed E-state index contributed by atoms with van der Waals surface area (Å²) in [6.07, 6.45) is 2.64. The highest BCUT2D eigenvalue weighted by molar-refractivity contribution is 5.73. The van der Waals surface area contributed by atoms with Gasteiger partial charge in [-0.1, -0.05) is 6.08 Å². The van der Waals surface area contributed by atoms with Gasteiger partial charge in [0.1, 0.15) is 11.6 Å². The van der Waals surface area contributed by atoms with Crippen molar-refractivity contribution in [3.05, 3.63) is 41.9 Å². The van der Waals surface area contributed by atoms with Crippen molar-refractivity contribution in [2.24, 2.45) is 0 Å². The number of rotatable bonds is 7. The van der Waals surface area contributed by atoms with Gasteiger partial charge >= 0.3 is 5.97 Å². The zero-order chi connectivity index (χ0) is 15.0. The fraction of sp³-hybridized carbons (Fsp3) is 0.400. The predicted octanol–water partition coefficient (Wildman–Crippen LogP) is 3.21. The molecule has 0 N–H and O–H groups in total. The molecular formula is C15H19FO4. The Labute approximate surface area is 118 Å². The minimum absolute atomic E-state index is 0.0444. The molecule has 0 amide bonds. The first-order valence-corrected chi connectivity index (χ1v) is 6.44. The smallest absolute Gasteiger partial charge is 0.310 e. The molecule has 0 aliphatic heterocycles. The molecule has 0 aliphatic carbocycles. The summed E-state index contributed by atoms with van der Waals surface area (Å²) in [4.78, 5) is 11.5. The van der Waals surface area contributed by atoms with Gasteiger partial charge in [-0.25, -0.2) is 4.39 Å². The lowest BCUT2D eigenvalue weighted by molar-refractivity contribution is -0.142. The molecule has 0 aromatic heterocycles. The minimum Gasteiger partial charge on any atom is -0.466 e. The molecule has 0 radical (unpaired) electrons. The number of esters is 1. The SMILES string of the molecule is C/C=C\OC(C)Oc1ccc(F)cc1CC(=O)OCC. The van der Waals surface area contributed by atoms with Crippen LogP contribution in [0, 0.1) is 5.82 Å². The van der Waals surface area contributed by atoms with Gasteiger partial charge in [0.25, 0.3) is 0 Å². The van der Waals surface area contributed by atoms with Crippen molar-refractivity contribution >= 4 is 5.97 Å². The summed E-state index contributed by atoms with van der Waals surface area (Å²) in [5.74, 6) is -0.458. The van der Waals surface area contributed by atoms with Gasteiger partial charge in [0, 0.05) is 12.5 Å². The average molecular weight is 282 g/mol. The second-order valence-electron chi connectivity index (χ2n) is 4.02. The third kappa shape index (κ3) is 5.30. The van der Waals surface area contributed by atoms with E-state index in [1.165, 1.54) is 24.5 Å². The summed E-state index contributed by atoms with van der Waals surface area (Å²) in [5, 5.41) is 0. The van der Waals surface area contributed by atoms with Gasteiger partial charge in [0.15, 0.2) is 0 Å². The number of benzene rings is 1. The van der Waals surface area contributed by atoms with E-state index in [2.05, 4.69) is 0 Å². The molecule has 0 aliphatic rings. The van der Waals surface area contributed by atoms with Crippen molar-refractivity contribution in [3.8, 4) is 5.75 Å². The van der Waals surface area contributed by atoms with Crippen LogP contribution in [-0.2, 0) is 20.7 Å². The van der Waals surface area contributed by atoms with E-state index in [0.717, 1.165) is 0 Å². The molecule has 0 spiro atoms. The second-order valence-corrected chi connectivity index (χ2v) is 4.02. The molecule has 1 unspecified atom stereocenters. The average Bonchev–Trinajstić information content (AvgIpc) is 2.40. The van der Waals surface area contributed by atoms with E-state index in [4.69, 9.17) is 14.2 Å². The minimum atomic E-state index is -0.544. The van der Waals surface area contributed by atoms with Crippen molar-refractivity contribution in [2.45, 2.75) is 33.5 Å². The molecule has 110 valence electrons. The summed E-state index contributed by atoms with van der Waals surface area (Å²) in [6.45, 7) is 5.52. The van der Waals surface area contributed by atoms with E-state index in [9.17, 15) is 9.18 Å². The third-order valence-corrected chi connectivity index (χ3v) is 2.36. The first-order chi connectivity index (χ1) is 9.56. The van der Waals surface area contributed by atoms with Crippen LogP contribution in [0.15, 0.2) is 30.5 Å². The second kappa shape index (κ2) is 8.19. The summed E-state index contributed by atoms with van der Waals surface area (Å²) in [6, 6.07) is 4.00. The molecule has 1 rings (SSSR count). The summed E-state index contributed by atoms with van der Waals surface area (Å²) in [7, 11) is 0. The van der Waals surface area contributed by atoms with Crippen LogP contribution < -0.4 is 4.74 Å². The molecule has 4 nitrogen and oxygen atoms in total. The first-order valence-electron chi connectivity index (χ1n) is 6.44. The molecule has 5 heteroatoms. The Hall–Kier alpha value is -2.04. The third-order valence-electron chi connectivity index (χ3n) is 2.36. The highest BCUT2D eigenvalue weighted by Gasteiger charge is 2.13. The molecular weight excluding hydrogens is 263 g/mol. The Balaban J connectivity index is 2.81. The van der Waals surface area contributed by atoms with Crippen molar-refractivity contribution in [1.29, 1.82) is 0 Å². The van der Waals surface area contributed by atoms with Crippen molar-refractivity contribution < 1.29 is 23.4 Å². The number of carbonyl (C=O) groups is 1. The number of halogens is 1. The standard InChI is InChI=1S/C15H19FO4/c1-4-8-19-11(3)20-14-7-6-13(16)9-12(14)10-15(17)18-5-2/h4,6-9,11H,5,10H2,1-3H3/b8-4-. The van der Waals surface area contributed by atoms with Gasteiger partial charge in [0.05, 0.1) is 19.3 Å². The van der Waals surface area contributed by atoms with Crippen LogP contribution in [0.4, 0.5) is 4.39 Å². The molecule has 0 saturated heterocycles. The van der Waals surface area contributed by atoms with Crippen LogP contribution in [-0.4, -0.2) is 18.9 Å². The Morgan fingerprint density at radius 1 is 1.45 bits per heavy atom. The Morgan fingerprint density at radius 2 is 2.20 bits per heavy atom. The van der Waals surface area contributed by atoms with Crippen molar-refractivity contribution in [1.82, 2.24) is 0 Å². The molecule has 0 saturated carbocycles. The molecule has 0 heterocycles. The maximum atomic E-state index is 13.3. The van der Waals surface area contributed by atoms with E-state index in [-0.39, 0.29) is 13.0 Å². The largest absolute Gasteiger partial charge is 0.466 e. The molecule has 1 atom stereocenters. The Bertz CT molecular complexity index is 471. The van der Waals surface area contributed by atoms with Crippen LogP contribution in [0.3, 0.4) is 0 Å². The highest BCUT2D eigenvalue weighted by Crippen LogP contribution is 2.22. The normalized spacial score (nSPS) is 12.2. The van der Waals surface area contributed by atoms with E-state index < -0.39 is 18.1 Å². The van der Waals surface area contributed by atoms with Crippen LogP contribution in [0.1, 0.15) is 26.3 Å². The van der Waals surface area contributed by atoms with Crippen LogP contribution in [0.5, 0.6) is 5.75 Å². The Kier molecular flexibility index (Phi) is 6.56. The van der Waals surface area contributed by atoms with E-state index >= 15 is 0 Å². The fourth-order valence-electron chi connectivity index (χ4n) is 1.56. The van der Waals surface area contributed by atoms with Crippen LogP contribution in [0.2, 0.25) is 0 Å². The number of allylic oxidation sites excluding steroid dienone is 1. The first kappa shape index (κ1) is 16.0. The van der Waals surface area contributed by atoms with E-state index in [1.807, 2.05) is 6.92 Å². The molecule has 20 heavy (non-hydrogen) atoms. The molecule has 0 bridgehead atoms. The number of hydrogen-bond donors (Lipinski definition) is 0. The van der Waals surface area contributed by atoms with Gasteiger partial charge in [-0.15, -0.1) is 0 Å². The topological polar surface area (TPSA) is 44.8 Å². The summed E-state index contributed by atoms with van der Waals surface area (Å²) >= 11 is 0. The summed E-state index contributed by atoms with van der Waals surface area (Å²) < 4.78 is 28.9. The molecule has 1 aromatic carbocycles. The zero-order valence-electron chi connectivity index (χ0n) is 11.9. The molecule has 1 aromatic rings. The zero-order valence-corrected chi connectivity index (χ0v) is 11.9. The van der Waals surface area contributed by atoms with Crippen molar-refractivity contribution in [3.63, 3.8) is 0 Å². The van der Waals surface area contributed by atoms with Crippen molar-refractivity contribution in [2.75, 3.05) is 6.61 Å². The lowest BCUT2D eigenvalue weighted by Gasteiger charge is -2.16. The van der Waals surface area contributed by atoms with E-state index in [0.29, 0.717) is 11.3 Å². The maximum Gasteiger partial charge on any atom is 0.310 e. The lowest BCUT2D eigenvalue weighted by Crippen LogP contribution is -2.16. The van der Waals surface area contributed by atoms with Gasteiger partial charge in [0.2, 0.25) is 6.29 Å². The van der Waals surface area contributed by atoms with Gasteiger partial charge in [-0.3, -0.25) is 4.79 Å². The van der Waals surface area contributed by atoms with E-state index in [1.54, 1.807) is 19.9 Å². The predicted molar refractivity (Wildman–Crippen MR) is 72.7 cm³/mol. The number of ether oxygens (including phenoxy) is 3. The van der Waals surface area contributed by atoms with Gasteiger partial charge in [-0.2, -0.15) is 0 Å². The Morgan fingerprint density at radius 3 is 2.85 bits per heavy atom. The van der Waals surface area contributed by atoms with Gasteiger partial charge in [-0.05, 0) is 32.0 Å². The monoisotopic (exact) mass is 282 g/mol. The highest BCUT2D eigenvalue weighted by atomic mass is 19.1. The maximum absolute atomic E-state index is 13.3. The van der Waals surface area contributed by atoms with Crippen LogP contribution in [0.25, 0.3) is 0 Å². The lowest BCUT2D eigenvalue weighted by atomic mass is 10.1. The number of hydrogen-bond acceptors (Lipinski definition) is 4.